The van der Waals surface area contributed by atoms with Gasteiger partial charge in [0.05, 0.1) is 12.9 Å². The van der Waals surface area contributed by atoms with Gasteiger partial charge in [0, 0.05) is 0 Å². The van der Waals surface area contributed by atoms with E-state index in [0.717, 1.165) is 0 Å². The summed E-state index contributed by atoms with van der Waals surface area (Å²) in [5.41, 5.74) is 6.41. The van der Waals surface area contributed by atoms with Gasteiger partial charge in [0.15, 0.2) is 17.7 Å². The standard InChI is InChI=1S/C10H11ClN5O5PS/c11-10-14-7(12)4-8(15-10)16(2-13-4)9-5(17)6-3(20-9)1-19-22(18,23)21-6/h2-3,5-6,9,17H,1H2,(H,18,23)(H2,12,14,15)/t3-,5-,6-,9-,22?/m1/s1. The topological polar surface area (TPSA) is 138 Å². The predicted octanol–water partition coefficient (Wildman–Crippen LogP) is -0.0476. The SMILES string of the molecule is Nc1nc(Cl)nc2c1ncn2[C@@H]1O[C@@H]2COP(O)(=S)O[C@H]2[C@H]1O. The van der Waals surface area contributed by atoms with Gasteiger partial charge in [-0.2, -0.15) is 9.97 Å². The second-order valence-corrected chi connectivity index (χ2v) is 8.22. The molecule has 0 aromatic carbocycles. The molecule has 0 spiro atoms. The van der Waals surface area contributed by atoms with E-state index in [2.05, 4.69) is 15.0 Å². The van der Waals surface area contributed by atoms with E-state index in [4.69, 9.17) is 42.9 Å². The Morgan fingerprint density at radius 2 is 2.26 bits per heavy atom. The normalized spacial score (nSPS) is 37.2. The number of fused-ring (bicyclic) bond motifs is 2. The fraction of sp³-hybridized carbons (Fsp3) is 0.500. The number of aliphatic hydroxyl groups excluding tert-OH is 1. The first kappa shape index (κ1) is 15.6. The number of anilines is 1. The van der Waals surface area contributed by atoms with Crippen molar-refractivity contribution >= 4 is 47.1 Å². The van der Waals surface area contributed by atoms with Gasteiger partial charge in [-0.1, -0.05) is 0 Å². The summed E-state index contributed by atoms with van der Waals surface area (Å²) in [6, 6.07) is 0. The smallest absolute Gasteiger partial charge is 0.325 e. The van der Waals surface area contributed by atoms with Crippen LogP contribution in [0.2, 0.25) is 5.28 Å². The fourth-order valence-corrected chi connectivity index (χ4v) is 4.28. The number of hydrogen-bond donors (Lipinski definition) is 3. The van der Waals surface area contributed by atoms with Gasteiger partial charge >= 0.3 is 6.72 Å². The van der Waals surface area contributed by atoms with Crippen molar-refractivity contribution in [3.8, 4) is 0 Å². The molecule has 0 bridgehead atoms. The number of hydrogen-bond acceptors (Lipinski definition) is 9. The highest BCUT2D eigenvalue weighted by atomic mass is 35.5. The molecule has 2 saturated heterocycles. The van der Waals surface area contributed by atoms with E-state index in [-0.39, 0.29) is 17.7 Å². The fourth-order valence-electron chi connectivity index (χ4n) is 2.66. The third-order valence-electron chi connectivity index (χ3n) is 3.66. The molecule has 10 nitrogen and oxygen atoms in total. The molecule has 4 N–H and O–H groups in total. The quantitative estimate of drug-likeness (QED) is 0.456. The molecule has 0 radical (unpaired) electrons. The molecule has 23 heavy (non-hydrogen) atoms. The lowest BCUT2D eigenvalue weighted by Gasteiger charge is -2.30. The molecule has 2 aliphatic rings. The highest BCUT2D eigenvalue weighted by Crippen LogP contribution is 2.52. The molecule has 2 aromatic rings. The van der Waals surface area contributed by atoms with Gasteiger partial charge < -0.3 is 25.0 Å². The molecule has 2 fully saturated rings. The zero-order valence-corrected chi connectivity index (χ0v) is 13.8. The van der Waals surface area contributed by atoms with Crippen LogP contribution < -0.4 is 5.73 Å². The van der Waals surface area contributed by atoms with Crippen molar-refractivity contribution in [2.75, 3.05) is 12.3 Å². The van der Waals surface area contributed by atoms with Gasteiger partial charge in [-0.25, -0.2) is 4.98 Å². The first-order valence-electron chi connectivity index (χ1n) is 6.50. The van der Waals surface area contributed by atoms with Crippen molar-refractivity contribution in [1.29, 1.82) is 0 Å². The Morgan fingerprint density at radius 1 is 1.48 bits per heavy atom. The molecule has 0 aliphatic carbocycles. The predicted molar refractivity (Wildman–Crippen MR) is 82.0 cm³/mol. The third kappa shape index (κ3) is 2.53. The molecular formula is C10H11ClN5O5PS. The van der Waals surface area contributed by atoms with Crippen molar-refractivity contribution in [3.05, 3.63) is 11.6 Å². The van der Waals surface area contributed by atoms with Crippen LogP contribution in [0.1, 0.15) is 6.23 Å². The highest BCUT2D eigenvalue weighted by Gasteiger charge is 2.51. The summed E-state index contributed by atoms with van der Waals surface area (Å²) in [4.78, 5) is 21.7. The monoisotopic (exact) mass is 379 g/mol. The lowest BCUT2D eigenvalue weighted by molar-refractivity contribution is -0.0593. The average molecular weight is 380 g/mol. The number of ether oxygens (including phenoxy) is 1. The summed E-state index contributed by atoms with van der Waals surface area (Å²) < 4.78 is 17.5. The summed E-state index contributed by atoms with van der Waals surface area (Å²) >= 11 is 10.6. The van der Waals surface area contributed by atoms with E-state index >= 15 is 0 Å². The van der Waals surface area contributed by atoms with E-state index in [1.165, 1.54) is 10.9 Å². The minimum atomic E-state index is -3.36. The third-order valence-corrected chi connectivity index (χ3v) is 5.39. The zero-order valence-electron chi connectivity index (χ0n) is 11.3. The molecular weight excluding hydrogens is 369 g/mol. The van der Waals surface area contributed by atoms with Crippen LogP contribution in [0.25, 0.3) is 11.2 Å². The Hall–Kier alpha value is -0.910. The van der Waals surface area contributed by atoms with Crippen LogP contribution in [0.15, 0.2) is 6.33 Å². The summed E-state index contributed by atoms with van der Waals surface area (Å²) in [6.07, 6.45) is -1.95. The number of rotatable bonds is 1. The average Bonchev–Trinajstić information content (AvgIpc) is 3.00. The lowest BCUT2D eigenvalue weighted by Crippen LogP contribution is -2.39. The van der Waals surface area contributed by atoms with Gasteiger partial charge in [-0.05, 0) is 23.4 Å². The minimum Gasteiger partial charge on any atom is -0.386 e. The van der Waals surface area contributed by atoms with E-state index in [9.17, 15) is 10.00 Å². The van der Waals surface area contributed by atoms with Crippen LogP contribution in [-0.2, 0) is 25.6 Å². The highest BCUT2D eigenvalue weighted by molar-refractivity contribution is 8.07. The Morgan fingerprint density at radius 3 is 3.04 bits per heavy atom. The molecule has 0 saturated carbocycles. The van der Waals surface area contributed by atoms with Crippen molar-refractivity contribution < 1.29 is 23.8 Å². The van der Waals surface area contributed by atoms with E-state index in [1.807, 2.05) is 0 Å². The van der Waals surface area contributed by atoms with E-state index < -0.39 is 31.3 Å². The molecule has 2 aliphatic heterocycles. The number of nitrogen functional groups attached to an aromatic ring is 1. The summed E-state index contributed by atoms with van der Waals surface area (Å²) in [7, 11) is 0. The van der Waals surface area contributed by atoms with Gasteiger partial charge in [0.1, 0.15) is 23.8 Å². The Kier molecular flexibility index (Phi) is 3.59. The van der Waals surface area contributed by atoms with Crippen LogP contribution in [-0.4, -0.2) is 54.4 Å². The Bertz CT molecular complexity index is 835. The number of aliphatic hydroxyl groups is 1. The molecule has 2 aromatic heterocycles. The van der Waals surface area contributed by atoms with Gasteiger partial charge in [0.2, 0.25) is 5.28 Å². The maximum atomic E-state index is 10.5. The Labute approximate surface area is 139 Å². The van der Waals surface area contributed by atoms with Gasteiger partial charge in [-0.3, -0.25) is 9.09 Å². The molecule has 4 rings (SSSR count). The summed E-state index contributed by atoms with van der Waals surface area (Å²) in [6.45, 7) is -3.34. The lowest BCUT2D eigenvalue weighted by atomic mass is 10.1. The van der Waals surface area contributed by atoms with E-state index in [0.29, 0.717) is 11.2 Å². The van der Waals surface area contributed by atoms with Crippen molar-refractivity contribution in [2.45, 2.75) is 24.5 Å². The first-order valence-corrected chi connectivity index (χ1v) is 9.47. The summed E-state index contributed by atoms with van der Waals surface area (Å²) in [5, 5.41) is 10.4. The second kappa shape index (κ2) is 5.30. The van der Waals surface area contributed by atoms with Crippen molar-refractivity contribution in [2.24, 2.45) is 0 Å². The maximum absolute atomic E-state index is 10.5. The van der Waals surface area contributed by atoms with Crippen LogP contribution >= 0.6 is 18.3 Å². The van der Waals surface area contributed by atoms with E-state index in [1.54, 1.807) is 0 Å². The minimum absolute atomic E-state index is 0.0243. The molecule has 1 unspecified atom stereocenters. The van der Waals surface area contributed by atoms with Crippen LogP contribution in [0.5, 0.6) is 0 Å². The van der Waals surface area contributed by atoms with Crippen molar-refractivity contribution in [1.82, 2.24) is 19.5 Å². The zero-order chi connectivity index (χ0) is 16.4. The number of halogens is 1. The molecule has 5 atom stereocenters. The van der Waals surface area contributed by atoms with Gasteiger partial charge in [0.25, 0.3) is 0 Å². The van der Waals surface area contributed by atoms with Gasteiger partial charge in [-0.15, -0.1) is 0 Å². The van der Waals surface area contributed by atoms with Crippen LogP contribution in [0.3, 0.4) is 0 Å². The molecule has 0 amide bonds. The van der Waals surface area contributed by atoms with Crippen LogP contribution in [0, 0.1) is 0 Å². The second-order valence-electron chi connectivity index (χ2n) is 5.09. The Balaban J connectivity index is 1.73. The molecule has 124 valence electrons. The number of aromatic nitrogens is 4. The number of imidazole rings is 1. The molecule has 13 heteroatoms. The number of nitrogens with two attached hydrogens (primary N) is 1. The molecule has 4 heterocycles. The number of nitrogens with zero attached hydrogens (tertiary/aromatic N) is 4. The summed E-state index contributed by atoms with van der Waals surface area (Å²) in [5.74, 6) is 0.120. The van der Waals surface area contributed by atoms with Crippen molar-refractivity contribution in [3.63, 3.8) is 0 Å². The maximum Gasteiger partial charge on any atom is 0.325 e. The van der Waals surface area contributed by atoms with Crippen LogP contribution in [0.4, 0.5) is 5.82 Å². The first-order chi connectivity index (χ1) is 10.9. The largest absolute Gasteiger partial charge is 0.386 e.